The van der Waals surface area contributed by atoms with Gasteiger partial charge in [-0.1, -0.05) is 6.07 Å². The molecule has 0 saturated heterocycles. The van der Waals surface area contributed by atoms with Gasteiger partial charge in [0.15, 0.2) is 0 Å². The first-order chi connectivity index (χ1) is 11.5. The fourth-order valence-corrected chi connectivity index (χ4v) is 3.50. The second-order valence-electron chi connectivity index (χ2n) is 6.49. The Labute approximate surface area is 142 Å². The quantitative estimate of drug-likeness (QED) is 0.866. The van der Waals surface area contributed by atoms with Crippen LogP contribution in [0.2, 0.25) is 0 Å². The van der Waals surface area contributed by atoms with Gasteiger partial charge in [0.2, 0.25) is 5.88 Å². The number of hydrogen-bond acceptors (Lipinski definition) is 4. The smallest absolute Gasteiger partial charge is 0.261 e. The van der Waals surface area contributed by atoms with Gasteiger partial charge in [0, 0.05) is 25.5 Å². The second kappa shape index (κ2) is 6.63. The van der Waals surface area contributed by atoms with Gasteiger partial charge in [-0.15, -0.1) is 5.10 Å². The van der Waals surface area contributed by atoms with Crippen molar-refractivity contribution in [2.24, 2.45) is 7.05 Å². The molecule has 2 heterocycles. The Bertz CT molecular complexity index is 738. The highest BCUT2D eigenvalue weighted by Crippen LogP contribution is 2.35. The minimum absolute atomic E-state index is 0.00707. The average molecular weight is 328 g/mol. The number of rotatable bonds is 4. The van der Waals surface area contributed by atoms with E-state index in [1.807, 2.05) is 31.0 Å². The van der Waals surface area contributed by atoms with Crippen molar-refractivity contribution in [1.29, 1.82) is 0 Å². The molecule has 0 saturated carbocycles. The Kier molecular flexibility index (Phi) is 4.55. The zero-order valence-electron chi connectivity index (χ0n) is 14.7. The third-order valence-corrected chi connectivity index (χ3v) is 4.51. The molecule has 1 amide bonds. The van der Waals surface area contributed by atoms with Crippen molar-refractivity contribution < 1.29 is 9.53 Å². The average Bonchev–Trinajstić information content (AvgIpc) is 2.96. The first-order valence-corrected chi connectivity index (χ1v) is 8.37. The molecule has 2 aromatic heterocycles. The van der Waals surface area contributed by atoms with Crippen LogP contribution in [0.4, 0.5) is 0 Å². The summed E-state index contributed by atoms with van der Waals surface area (Å²) in [6.07, 6.45) is 6.54. The summed E-state index contributed by atoms with van der Waals surface area (Å²) in [7, 11) is 3.33. The second-order valence-corrected chi connectivity index (χ2v) is 6.49. The maximum Gasteiger partial charge on any atom is 0.261 e. The number of pyridine rings is 1. The van der Waals surface area contributed by atoms with Crippen LogP contribution in [0.1, 0.15) is 54.3 Å². The summed E-state index contributed by atoms with van der Waals surface area (Å²) in [4.78, 5) is 19.8. The summed E-state index contributed by atoms with van der Waals surface area (Å²) in [5, 5.41) is 4.21. The molecule has 0 aliphatic heterocycles. The van der Waals surface area contributed by atoms with Gasteiger partial charge in [0.25, 0.3) is 5.91 Å². The van der Waals surface area contributed by atoms with Crippen LogP contribution in [0.15, 0.2) is 24.5 Å². The number of aryl methyl sites for hydroxylation is 2. The van der Waals surface area contributed by atoms with E-state index in [0.29, 0.717) is 11.4 Å². The topological polar surface area (TPSA) is 60.3 Å². The summed E-state index contributed by atoms with van der Waals surface area (Å²) in [5.74, 6) is 0.309. The van der Waals surface area contributed by atoms with Crippen LogP contribution in [0, 0.1) is 0 Å². The summed E-state index contributed by atoms with van der Waals surface area (Å²) in [5.41, 5.74) is 2.76. The summed E-state index contributed by atoms with van der Waals surface area (Å²) >= 11 is 0. The van der Waals surface area contributed by atoms with E-state index in [0.717, 1.165) is 25.0 Å². The Morgan fingerprint density at radius 1 is 1.46 bits per heavy atom. The van der Waals surface area contributed by atoms with Crippen molar-refractivity contribution in [3.05, 3.63) is 41.3 Å². The van der Waals surface area contributed by atoms with E-state index in [-0.39, 0.29) is 18.0 Å². The van der Waals surface area contributed by atoms with Crippen LogP contribution in [-0.4, -0.2) is 38.7 Å². The molecule has 1 aliphatic rings. The maximum absolute atomic E-state index is 13.3. The van der Waals surface area contributed by atoms with Crippen molar-refractivity contribution >= 4 is 5.91 Å². The van der Waals surface area contributed by atoms with Gasteiger partial charge in [-0.25, -0.2) is 0 Å². The Balaban J connectivity index is 2.01. The molecule has 1 atom stereocenters. The van der Waals surface area contributed by atoms with Crippen LogP contribution in [0.5, 0.6) is 5.88 Å². The first-order valence-electron chi connectivity index (χ1n) is 8.37. The van der Waals surface area contributed by atoms with Gasteiger partial charge < -0.3 is 9.64 Å². The molecule has 0 bridgehead atoms. The summed E-state index contributed by atoms with van der Waals surface area (Å²) in [6.45, 7) is 4.08. The number of aromatic nitrogens is 3. The zero-order chi connectivity index (χ0) is 17.3. The molecule has 0 fully saturated rings. The summed E-state index contributed by atoms with van der Waals surface area (Å²) < 4.78 is 6.89. The number of nitrogens with zero attached hydrogens (tertiary/aromatic N) is 4. The number of fused-ring (bicyclic) bond motifs is 1. The fourth-order valence-electron chi connectivity index (χ4n) is 3.50. The highest BCUT2D eigenvalue weighted by molar-refractivity contribution is 5.96. The molecule has 1 aliphatic carbocycles. The van der Waals surface area contributed by atoms with Crippen LogP contribution in [-0.2, 0) is 13.5 Å². The number of ether oxygens (including phenoxy) is 1. The molecular weight excluding hydrogens is 304 g/mol. The van der Waals surface area contributed by atoms with Gasteiger partial charge in [-0.05, 0) is 44.7 Å². The highest BCUT2D eigenvalue weighted by Gasteiger charge is 2.34. The van der Waals surface area contributed by atoms with Gasteiger partial charge in [-0.3, -0.25) is 14.5 Å². The maximum atomic E-state index is 13.3. The van der Waals surface area contributed by atoms with Crippen LogP contribution < -0.4 is 4.74 Å². The highest BCUT2D eigenvalue weighted by atomic mass is 16.5. The van der Waals surface area contributed by atoms with E-state index in [2.05, 4.69) is 16.1 Å². The minimum Gasteiger partial charge on any atom is -0.479 e. The number of hydrogen-bond donors (Lipinski definition) is 0. The number of carbonyl (C=O) groups excluding carboxylic acids is 1. The molecule has 0 aromatic carbocycles. The van der Waals surface area contributed by atoms with Crippen LogP contribution in [0.25, 0.3) is 0 Å². The predicted octanol–water partition coefficient (Wildman–Crippen LogP) is 2.75. The van der Waals surface area contributed by atoms with E-state index in [9.17, 15) is 4.79 Å². The number of carbonyl (C=O) groups is 1. The largest absolute Gasteiger partial charge is 0.479 e. The molecule has 6 heteroatoms. The van der Waals surface area contributed by atoms with Gasteiger partial charge in [0.1, 0.15) is 5.56 Å². The van der Waals surface area contributed by atoms with Crippen molar-refractivity contribution in [3.63, 3.8) is 0 Å². The fraction of sp³-hybridized carbons (Fsp3) is 0.500. The number of methoxy groups -OCH3 is 1. The minimum atomic E-state index is -0.0570. The molecule has 24 heavy (non-hydrogen) atoms. The van der Waals surface area contributed by atoms with Crippen LogP contribution in [0.3, 0.4) is 0 Å². The standard InChI is InChI=1S/C18H24N4O2/c1-12(2)22(18(23)14-11-21(3)20-17(14)24-4)15-9-5-7-13-8-6-10-19-16(13)15/h6,8,10-12,15H,5,7,9H2,1-4H3. The zero-order valence-corrected chi connectivity index (χ0v) is 14.7. The third kappa shape index (κ3) is 2.88. The van der Waals surface area contributed by atoms with E-state index in [4.69, 9.17) is 4.74 Å². The Hall–Kier alpha value is -2.37. The molecule has 3 rings (SSSR count). The molecule has 128 valence electrons. The van der Waals surface area contributed by atoms with Gasteiger partial charge in [0.05, 0.1) is 18.8 Å². The van der Waals surface area contributed by atoms with Crippen LogP contribution >= 0.6 is 0 Å². The van der Waals surface area contributed by atoms with Gasteiger partial charge >= 0.3 is 0 Å². The Morgan fingerprint density at radius 3 is 2.96 bits per heavy atom. The molecule has 1 unspecified atom stereocenters. The molecular formula is C18H24N4O2. The predicted molar refractivity (Wildman–Crippen MR) is 91.0 cm³/mol. The SMILES string of the molecule is COc1nn(C)cc1C(=O)N(C(C)C)C1CCCc2cccnc21. The lowest BCUT2D eigenvalue weighted by Crippen LogP contribution is -2.41. The van der Waals surface area contributed by atoms with Crippen molar-refractivity contribution in [2.45, 2.75) is 45.2 Å². The monoisotopic (exact) mass is 328 g/mol. The van der Waals surface area contributed by atoms with E-state index >= 15 is 0 Å². The molecule has 0 radical (unpaired) electrons. The first kappa shape index (κ1) is 16.5. The number of amides is 1. The lowest BCUT2D eigenvalue weighted by atomic mass is 9.90. The van der Waals surface area contributed by atoms with E-state index in [1.54, 1.807) is 17.9 Å². The lowest BCUT2D eigenvalue weighted by Gasteiger charge is -2.37. The van der Waals surface area contributed by atoms with E-state index in [1.165, 1.54) is 12.7 Å². The lowest BCUT2D eigenvalue weighted by molar-refractivity contribution is 0.0573. The summed E-state index contributed by atoms with van der Waals surface area (Å²) in [6, 6.07) is 4.13. The normalized spacial score (nSPS) is 16.8. The van der Waals surface area contributed by atoms with Crippen molar-refractivity contribution in [2.75, 3.05) is 7.11 Å². The van der Waals surface area contributed by atoms with Crippen molar-refractivity contribution in [1.82, 2.24) is 19.7 Å². The Morgan fingerprint density at radius 2 is 2.25 bits per heavy atom. The van der Waals surface area contributed by atoms with Gasteiger partial charge in [-0.2, -0.15) is 0 Å². The van der Waals surface area contributed by atoms with Crippen molar-refractivity contribution in [3.8, 4) is 5.88 Å². The molecule has 0 N–H and O–H groups in total. The molecule has 6 nitrogen and oxygen atoms in total. The third-order valence-electron chi connectivity index (χ3n) is 4.51. The molecule has 2 aromatic rings. The van der Waals surface area contributed by atoms with E-state index < -0.39 is 0 Å². The molecule has 0 spiro atoms.